The summed E-state index contributed by atoms with van der Waals surface area (Å²) < 4.78 is 17.2. The topological polar surface area (TPSA) is 48.0 Å². The number of methoxy groups -OCH3 is 2. The van der Waals surface area contributed by atoms with Crippen molar-refractivity contribution in [1.29, 1.82) is 0 Å². The quantitative estimate of drug-likeness (QED) is 0.410. The normalized spacial score (nSPS) is 11.5. The Morgan fingerprint density at radius 1 is 0.875 bits per heavy atom. The molecular weight excluding hydrogens is 402 g/mol. The van der Waals surface area contributed by atoms with Gasteiger partial charge in [-0.3, -0.25) is 4.79 Å². The fourth-order valence-electron chi connectivity index (χ4n) is 3.47. The molecule has 168 valence electrons. The molecule has 0 fully saturated rings. The van der Waals surface area contributed by atoms with Gasteiger partial charge in [-0.25, -0.2) is 0 Å². The average molecular weight is 434 g/mol. The predicted octanol–water partition coefficient (Wildman–Crippen LogP) is 5.72. The second kappa shape index (κ2) is 11.2. The third kappa shape index (κ3) is 5.61. The van der Waals surface area contributed by atoms with Gasteiger partial charge in [-0.15, -0.1) is 0 Å². The van der Waals surface area contributed by atoms with Crippen molar-refractivity contribution in [3.8, 4) is 17.2 Å². The van der Waals surface area contributed by atoms with E-state index in [0.29, 0.717) is 36.0 Å². The van der Waals surface area contributed by atoms with E-state index in [0.717, 1.165) is 17.5 Å². The van der Waals surface area contributed by atoms with Gasteiger partial charge in [-0.05, 0) is 36.6 Å². The highest BCUT2D eigenvalue weighted by Crippen LogP contribution is 2.39. The van der Waals surface area contributed by atoms with E-state index < -0.39 is 0 Å². The van der Waals surface area contributed by atoms with E-state index >= 15 is 0 Å². The van der Waals surface area contributed by atoms with Gasteiger partial charge in [-0.2, -0.15) is 0 Å². The van der Waals surface area contributed by atoms with Crippen LogP contribution in [0, 0.1) is 0 Å². The van der Waals surface area contributed by atoms with Crippen molar-refractivity contribution >= 4 is 5.91 Å². The van der Waals surface area contributed by atoms with Gasteiger partial charge in [0.15, 0.2) is 11.5 Å². The van der Waals surface area contributed by atoms with Crippen LogP contribution in [0.15, 0.2) is 72.8 Å². The Kier molecular flexibility index (Phi) is 8.14. The minimum Gasteiger partial charge on any atom is -0.493 e. The molecule has 0 N–H and O–H groups in total. The van der Waals surface area contributed by atoms with Gasteiger partial charge in [0, 0.05) is 18.2 Å². The third-order valence-corrected chi connectivity index (χ3v) is 5.51. The Balaban J connectivity index is 1.90. The predicted molar refractivity (Wildman–Crippen MR) is 126 cm³/mol. The zero-order valence-electron chi connectivity index (χ0n) is 19.2. The standard InChI is InChI=1S/C27H31NO4/c1-5-20(2)28(18-21-12-8-6-9-13-21)27(29)23-16-24(30-3)26(25(17-23)31-4)32-19-22-14-10-7-11-15-22/h6-17,20H,5,18-19H2,1-4H3. The van der Waals surface area contributed by atoms with E-state index in [2.05, 4.69) is 13.8 Å². The summed E-state index contributed by atoms with van der Waals surface area (Å²) >= 11 is 0. The van der Waals surface area contributed by atoms with E-state index in [1.54, 1.807) is 26.4 Å². The number of rotatable bonds is 10. The summed E-state index contributed by atoms with van der Waals surface area (Å²) in [5, 5.41) is 0. The first-order chi connectivity index (χ1) is 15.6. The van der Waals surface area contributed by atoms with Crippen LogP contribution in [0.4, 0.5) is 0 Å². The summed E-state index contributed by atoms with van der Waals surface area (Å²) in [5.41, 5.74) is 2.62. The Bertz CT molecular complexity index is 980. The summed E-state index contributed by atoms with van der Waals surface area (Å²) in [7, 11) is 3.13. The van der Waals surface area contributed by atoms with E-state index in [1.807, 2.05) is 65.6 Å². The molecule has 5 nitrogen and oxygen atoms in total. The van der Waals surface area contributed by atoms with Crippen molar-refractivity contribution in [2.24, 2.45) is 0 Å². The smallest absolute Gasteiger partial charge is 0.254 e. The molecular formula is C27H31NO4. The minimum atomic E-state index is -0.0746. The number of ether oxygens (including phenoxy) is 3. The minimum absolute atomic E-state index is 0.0746. The first-order valence-electron chi connectivity index (χ1n) is 10.8. The zero-order chi connectivity index (χ0) is 22.9. The van der Waals surface area contributed by atoms with E-state index in [4.69, 9.17) is 14.2 Å². The lowest BCUT2D eigenvalue weighted by molar-refractivity contribution is 0.0670. The molecule has 0 aliphatic rings. The Labute approximate surface area is 190 Å². The first-order valence-corrected chi connectivity index (χ1v) is 10.8. The largest absolute Gasteiger partial charge is 0.493 e. The van der Waals surface area contributed by atoms with Gasteiger partial charge in [0.1, 0.15) is 6.61 Å². The molecule has 0 radical (unpaired) electrons. The molecule has 1 atom stereocenters. The summed E-state index contributed by atoms with van der Waals surface area (Å²) in [5.74, 6) is 1.34. The molecule has 0 aromatic heterocycles. The second-order valence-electron chi connectivity index (χ2n) is 7.66. The lowest BCUT2D eigenvalue weighted by atomic mass is 10.1. The molecule has 32 heavy (non-hydrogen) atoms. The second-order valence-corrected chi connectivity index (χ2v) is 7.66. The van der Waals surface area contributed by atoms with Crippen LogP contribution in [0.2, 0.25) is 0 Å². The van der Waals surface area contributed by atoms with Gasteiger partial charge in [-0.1, -0.05) is 67.6 Å². The molecule has 0 aliphatic heterocycles. The number of hydrogen-bond donors (Lipinski definition) is 0. The van der Waals surface area contributed by atoms with Crippen LogP contribution >= 0.6 is 0 Å². The van der Waals surface area contributed by atoms with Gasteiger partial charge in [0.25, 0.3) is 5.91 Å². The van der Waals surface area contributed by atoms with Crippen LogP contribution in [0.5, 0.6) is 17.2 Å². The maximum atomic E-state index is 13.6. The van der Waals surface area contributed by atoms with Crippen molar-refractivity contribution in [2.45, 2.75) is 39.5 Å². The molecule has 0 spiro atoms. The monoisotopic (exact) mass is 433 g/mol. The molecule has 0 bridgehead atoms. The Hall–Kier alpha value is -3.47. The summed E-state index contributed by atoms with van der Waals surface area (Å²) in [6.07, 6.45) is 0.852. The highest BCUT2D eigenvalue weighted by molar-refractivity contribution is 5.96. The summed E-state index contributed by atoms with van der Waals surface area (Å²) in [4.78, 5) is 15.4. The zero-order valence-corrected chi connectivity index (χ0v) is 19.2. The van der Waals surface area contributed by atoms with Gasteiger partial charge in [0.05, 0.1) is 14.2 Å². The number of hydrogen-bond acceptors (Lipinski definition) is 4. The van der Waals surface area contributed by atoms with Crippen molar-refractivity contribution in [2.75, 3.05) is 14.2 Å². The number of carbonyl (C=O) groups is 1. The van der Waals surface area contributed by atoms with Crippen LogP contribution in [0.3, 0.4) is 0 Å². The molecule has 3 rings (SSSR count). The van der Waals surface area contributed by atoms with Crippen LogP contribution in [-0.2, 0) is 13.2 Å². The van der Waals surface area contributed by atoms with Crippen LogP contribution in [0.25, 0.3) is 0 Å². The maximum absolute atomic E-state index is 13.6. The maximum Gasteiger partial charge on any atom is 0.254 e. The molecule has 1 unspecified atom stereocenters. The number of amides is 1. The fraction of sp³-hybridized carbons (Fsp3) is 0.296. The Morgan fingerprint density at radius 2 is 1.41 bits per heavy atom. The molecule has 3 aromatic carbocycles. The third-order valence-electron chi connectivity index (χ3n) is 5.51. The van der Waals surface area contributed by atoms with Crippen LogP contribution in [0.1, 0.15) is 41.8 Å². The van der Waals surface area contributed by atoms with E-state index in [9.17, 15) is 4.79 Å². The average Bonchev–Trinajstić information content (AvgIpc) is 2.85. The summed E-state index contributed by atoms with van der Waals surface area (Å²) in [6, 6.07) is 23.4. The SMILES string of the molecule is CCC(C)N(Cc1ccccc1)C(=O)c1cc(OC)c(OCc2ccccc2)c(OC)c1. The molecule has 0 saturated heterocycles. The van der Waals surface area contributed by atoms with Crippen molar-refractivity contribution in [1.82, 2.24) is 4.90 Å². The van der Waals surface area contributed by atoms with Gasteiger partial charge < -0.3 is 19.1 Å². The van der Waals surface area contributed by atoms with Crippen molar-refractivity contribution in [3.05, 3.63) is 89.5 Å². The molecule has 0 aliphatic carbocycles. The van der Waals surface area contributed by atoms with Gasteiger partial charge in [0.2, 0.25) is 5.75 Å². The van der Waals surface area contributed by atoms with Gasteiger partial charge >= 0.3 is 0 Å². The van der Waals surface area contributed by atoms with Crippen LogP contribution < -0.4 is 14.2 Å². The molecule has 0 heterocycles. The molecule has 5 heteroatoms. The number of benzene rings is 3. The molecule has 1 amide bonds. The van der Waals surface area contributed by atoms with E-state index in [1.165, 1.54) is 0 Å². The van der Waals surface area contributed by atoms with Crippen molar-refractivity contribution < 1.29 is 19.0 Å². The number of nitrogens with zero attached hydrogens (tertiary/aromatic N) is 1. The highest BCUT2D eigenvalue weighted by atomic mass is 16.5. The fourth-order valence-corrected chi connectivity index (χ4v) is 3.47. The first kappa shape index (κ1) is 23.2. The lowest BCUT2D eigenvalue weighted by Gasteiger charge is -2.29. The van der Waals surface area contributed by atoms with Crippen LogP contribution in [-0.4, -0.2) is 31.1 Å². The lowest BCUT2D eigenvalue weighted by Crippen LogP contribution is -2.37. The van der Waals surface area contributed by atoms with E-state index in [-0.39, 0.29) is 11.9 Å². The molecule has 0 saturated carbocycles. The van der Waals surface area contributed by atoms with Crippen molar-refractivity contribution in [3.63, 3.8) is 0 Å². The summed E-state index contributed by atoms with van der Waals surface area (Å²) in [6.45, 7) is 5.05. The number of carbonyl (C=O) groups excluding carboxylic acids is 1. The molecule has 3 aromatic rings. The highest BCUT2D eigenvalue weighted by Gasteiger charge is 2.24. The Morgan fingerprint density at radius 3 is 1.91 bits per heavy atom.